The van der Waals surface area contributed by atoms with Crippen LogP contribution in [-0.4, -0.2) is 5.11 Å². The smallest absolute Gasteiger partial charge is 0.0797 e. The minimum absolute atomic E-state index is 1.07. The quantitative estimate of drug-likeness (QED) is 0.698. The molecule has 1 aromatic carbocycles. The van der Waals surface area contributed by atoms with Crippen LogP contribution in [-0.2, 0) is 0 Å². The Labute approximate surface area is 85.4 Å². The predicted molar refractivity (Wildman–Crippen MR) is 62.3 cm³/mol. The van der Waals surface area contributed by atoms with Crippen LogP contribution < -0.4 is 0 Å². The summed E-state index contributed by atoms with van der Waals surface area (Å²) in [5.41, 5.74) is 4.70. The van der Waals surface area contributed by atoms with E-state index in [0.717, 1.165) is 11.8 Å². The van der Waals surface area contributed by atoms with Crippen LogP contribution in [0.15, 0.2) is 24.5 Å². The van der Waals surface area contributed by atoms with Gasteiger partial charge in [0.05, 0.1) is 6.26 Å². The number of aliphatic hydroxyl groups is 1. The van der Waals surface area contributed by atoms with Crippen LogP contribution in [0.2, 0.25) is 0 Å². The normalized spacial score (nSPS) is 11.6. The number of allylic oxidation sites excluding steroid dienone is 1. The van der Waals surface area contributed by atoms with Crippen molar-refractivity contribution >= 4 is 12.2 Å². The Morgan fingerprint density at radius 1 is 1.00 bits per heavy atom. The van der Waals surface area contributed by atoms with E-state index in [-0.39, 0.29) is 0 Å². The summed E-state index contributed by atoms with van der Waals surface area (Å²) in [6.45, 7) is 6.13. The maximum Gasteiger partial charge on any atom is 0.0797 e. The summed E-state index contributed by atoms with van der Waals surface area (Å²) >= 11 is 0. The molecule has 0 spiro atoms. The van der Waals surface area contributed by atoms with E-state index in [9.17, 15) is 0 Å². The highest BCUT2D eigenvalue weighted by Gasteiger charge is 1.99. The van der Waals surface area contributed by atoms with Gasteiger partial charge in [-0.3, -0.25) is 0 Å². The molecule has 0 aromatic heterocycles. The fourth-order valence-corrected chi connectivity index (χ4v) is 1.48. The number of benzene rings is 1. The predicted octanol–water partition coefficient (Wildman–Crippen LogP) is 3.87. The molecule has 0 unspecified atom stereocenters. The first-order valence-electron chi connectivity index (χ1n) is 4.73. The van der Waals surface area contributed by atoms with E-state index < -0.39 is 0 Å². The summed E-state index contributed by atoms with van der Waals surface area (Å²) in [5, 5.41) is 8.71. The molecule has 1 nitrogen and oxygen atoms in total. The van der Waals surface area contributed by atoms with E-state index in [1.165, 1.54) is 16.7 Å². The van der Waals surface area contributed by atoms with Crippen LogP contribution in [0.1, 0.15) is 29.2 Å². The number of hydrogen-bond donors (Lipinski definition) is 1. The average molecular weight is 188 g/mol. The Morgan fingerprint density at radius 3 is 1.93 bits per heavy atom. The zero-order chi connectivity index (χ0) is 10.6. The van der Waals surface area contributed by atoms with Crippen molar-refractivity contribution in [2.24, 2.45) is 0 Å². The number of aliphatic hydroxyl groups excluding tert-OH is 1. The first-order chi connectivity index (χ1) is 6.69. The zero-order valence-electron chi connectivity index (χ0n) is 8.91. The van der Waals surface area contributed by atoms with Crippen molar-refractivity contribution in [1.82, 2.24) is 0 Å². The van der Waals surface area contributed by atoms with Crippen LogP contribution in [0.5, 0.6) is 0 Å². The van der Waals surface area contributed by atoms with Gasteiger partial charge in [0.1, 0.15) is 0 Å². The molecule has 0 saturated heterocycles. The van der Waals surface area contributed by atoms with Crippen molar-refractivity contribution in [3.05, 3.63) is 46.7 Å². The molecule has 0 aliphatic heterocycles. The van der Waals surface area contributed by atoms with Gasteiger partial charge in [0.15, 0.2) is 0 Å². The molecular weight excluding hydrogens is 172 g/mol. The minimum atomic E-state index is 1.07. The zero-order valence-corrected chi connectivity index (χ0v) is 8.91. The Bertz CT molecular complexity index is 335. The van der Waals surface area contributed by atoms with Gasteiger partial charge >= 0.3 is 0 Å². The van der Waals surface area contributed by atoms with Gasteiger partial charge in [-0.1, -0.05) is 24.3 Å². The Hall–Kier alpha value is -1.50. The summed E-state index contributed by atoms with van der Waals surface area (Å²) in [6, 6.07) is 4.21. The highest BCUT2D eigenvalue weighted by Crippen LogP contribution is 2.18. The van der Waals surface area contributed by atoms with Crippen molar-refractivity contribution in [3.63, 3.8) is 0 Å². The monoisotopic (exact) mass is 188 g/mol. The maximum absolute atomic E-state index is 8.71. The van der Waals surface area contributed by atoms with Crippen LogP contribution in [0.3, 0.4) is 0 Å². The second-order valence-electron chi connectivity index (χ2n) is 3.38. The third-order valence-electron chi connectivity index (χ3n) is 2.26. The van der Waals surface area contributed by atoms with E-state index >= 15 is 0 Å². The van der Waals surface area contributed by atoms with Gasteiger partial charge in [0, 0.05) is 0 Å². The third kappa shape index (κ3) is 2.25. The standard InChI is InChI=1S/C13H16O/c1-4-5-12-8-11(3)13(6-7-14)9-10(12)2/h4-9,14H,1-3H3/b5-4+,7-6+. The molecule has 0 atom stereocenters. The first kappa shape index (κ1) is 10.6. The lowest BCUT2D eigenvalue weighted by Crippen LogP contribution is -1.87. The van der Waals surface area contributed by atoms with E-state index in [2.05, 4.69) is 25.1 Å². The number of aryl methyl sites for hydroxylation is 2. The molecule has 1 N–H and O–H groups in total. The molecule has 0 aliphatic carbocycles. The molecule has 0 heterocycles. The molecule has 0 bridgehead atoms. The summed E-state index contributed by atoms with van der Waals surface area (Å²) in [7, 11) is 0. The summed E-state index contributed by atoms with van der Waals surface area (Å²) in [5.74, 6) is 0. The lowest BCUT2D eigenvalue weighted by Gasteiger charge is -2.06. The minimum Gasteiger partial charge on any atom is -0.516 e. The lowest BCUT2D eigenvalue weighted by molar-refractivity contribution is 0.478. The highest BCUT2D eigenvalue weighted by molar-refractivity contribution is 5.62. The molecule has 1 heteroatoms. The van der Waals surface area contributed by atoms with E-state index in [1.807, 2.05) is 19.9 Å². The SMILES string of the molecule is C/C=C/c1cc(C)c(/C=C/O)cc1C. The van der Waals surface area contributed by atoms with Crippen molar-refractivity contribution in [1.29, 1.82) is 0 Å². The van der Waals surface area contributed by atoms with Crippen LogP contribution in [0.4, 0.5) is 0 Å². The highest BCUT2D eigenvalue weighted by atomic mass is 16.2. The van der Waals surface area contributed by atoms with Crippen LogP contribution in [0.25, 0.3) is 12.2 Å². The average Bonchev–Trinajstić information content (AvgIpc) is 2.14. The fraction of sp³-hybridized carbons (Fsp3) is 0.231. The second-order valence-corrected chi connectivity index (χ2v) is 3.38. The molecule has 1 rings (SSSR count). The van der Waals surface area contributed by atoms with Crippen molar-refractivity contribution in [2.45, 2.75) is 20.8 Å². The summed E-state index contributed by atoms with van der Waals surface area (Å²) < 4.78 is 0. The van der Waals surface area contributed by atoms with Gasteiger partial charge in [-0.05, 0) is 49.1 Å². The largest absolute Gasteiger partial charge is 0.516 e. The van der Waals surface area contributed by atoms with E-state index in [1.54, 1.807) is 6.08 Å². The van der Waals surface area contributed by atoms with Gasteiger partial charge in [-0.25, -0.2) is 0 Å². The fourth-order valence-electron chi connectivity index (χ4n) is 1.48. The Kier molecular flexibility index (Phi) is 3.52. The van der Waals surface area contributed by atoms with Crippen molar-refractivity contribution < 1.29 is 5.11 Å². The van der Waals surface area contributed by atoms with Crippen LogP contribution >= 0.6 is 0 Å². The molecule has 1 aromatic rings. The third-order valence-corrected chi connectivity index (χ3v) is 2.26. The van der Waals surface area contributed by atoms with E-state index in [0.29, 0.717) is 0 Å². The van der Waals surface area contributed by atoms with Gasteiger partial charge in [-0.15, -0.1) is 0 Å². The molecule has 14 heavy (non-hydrogen) atoms. The van der Waals surface area contributed by atoms with Crippen molar-refractivity contribution in [3.8, 4) is 0 Å². The Balaban J connectivity index is 3.23. The lowest BCUT2D eigenvalue weighted by atomic mass is 10.00. The van der Waals surface area contributed by atoms with Gasteiger partial charge < -0.3 is 5.11 Å². The number of hydrogen-bond acceptors (Lipinski definition) is 1. The maximum atomic E-state index is 8.71. The van der Waals surface area contributed by atoms with Gasteiger partial charge in [0.25, 0.3) is 0 Å². The molecule has 0 fully saturated rings. The topological polar surface area (TPSA) is 20.2 Å². The molecular formula is C13H16O. The first-order valence-corrected chi connectivity index (χ1v) is 4.73. The van der Waals surface area contributed by atoms with Crippen molar-refractivity contribution in [2.75, 3.05) is 0 Å². The summed E-state index contributed by atoms with van der Waals surface area (Å²) in [6.07, 6.45) is 6.91. The molecule has 0 radical (unpaired) electrons. The molecule has 74 valence electrons. The van der Waals surface area contributed by atoms with Gasteiger partial charge in [0.2, 0.25) is 0 Å². The second kappa shape index (κ2) is 4.66. The van der Waals surface area contributed by atoms with Gasteiger partial charge in [-0.2, -0.15) is 0 Å². The number of rotatable bonds is 2. The molecule has 0 aliphatic rings. The molecule has 0 saturated carbocycles. The Morgan fingerprint density at radius 2 is 1.50 bits per heavy atom. The van der Waals surface area contributed by atoms with E-state index in [4.69, 9.17) is 5.11 Å². The van der Waals surface area contributed by atoms with Crippen LogP contribution in [0, 0.1) is 13.8 Å². The molecule has 0 amide bonds. The summed E-state index contributed by atoms with van der Waals surface area (Å²) in [4.78, 5) is 0.